The second-order valence-electron chi connectivity index (χ2n) is 4.88. The molecule has 2 heteroatoms. The molecule has 0 saturated heterocycles. The number of hydrogen-bond acceptors (Lipinski definition) is 2. The minimum absolute atomic E-state index is 0.411. The third-order valence-electron chi connectivity index (χ3n) is 3.25. The summed E-state index contributed by atoms with van der Waals surface area (Å²) < 4.78 is 0. The van der Waals surface area contributed by atoms with Crippen LogP contribution in [0, 0.1) is 0 Å². The molecular weight excluding hydrogens is 222 g/mol. The molecule has 2 aromatic rings. The maximum absolute atomic E-state index is 10.2. The van der Waals surface area contributed by atoms with Gasteiger partial charge in [0.2, 0.25) is 0 Å². The van der Waals surface area contributed by atoms with Crippen LogP contribution in [0.4, 0.5) is 0 Å². The van der Waals surface area contributed by atoms with E-state index in [0.717, 1.165) is 18.5 Å². The summed E-state index contributed by atoms with van der Waals surface area (Å²) in [5, 5.41) is 12.6. The van der Waals surface area contributed by atoms with Gasteiger partial charge in [-0.3, -0.25) is 0 Å². The Hall–Kier alpha value is -1.38. The molecule has 2 rings (SSSR count). The van der Waals surface area contributed by atoms with Gasteiger partial charge < -0.3 is 10.0 Å². The highest BCUT2D eigenvalue weighted by Crippen LogP contribution is 2.20. The number of fused-ring (bicyclic) bond motifs is 1. The van der Waals surface area contributed by atoms with E-state index < -0.39 is 6.10 Å². The predicted octanol–water partition coefficient (Wildman–Crippen LogP) is 3.22. The van der Waals surface area contributed by atoms with E-state index in [1.807, 2.05) is 25.2 Å². The Morgan fingerprint density at radius 1 is 1.11 bits per heavy atom. The third-order valence-corrected chi connectivity index (χ3v) is 3.25. The van der Waals surface area contributed by atoms with E-state index >= 15 is 0 Å². The zero-order valence-electron chi connectivity index (χ0n) is 11.1. The van der Waals surface area contributed by atoms with Gasteiger partial charge in [-0.25, -0.2) is 0 Å². The van der Waals surface area contributed by atoms with Crippen molar-refractivity contribution < 1.29 is 5.11 Å². The molecule has 96 valence electrons. The van der Waals surface area contributed by atoms with Gasteiger partial charge in [0.1, 0.15) is 0 Å². The van der Waals surface area contributed by atoms with Gasteiger partial charge in [-0.1, -0.05) is 43.3 Å². The lowest BCUT2D eigenvalue weighted by molar-refractivity contribution is 0.127. The first-order valence-electron chi connectivity index (χ1n) is 6.56. The zero-order chi connectivity index (χ0) is 13.0. The van der Waals surface area contributed by atoms with E-state index in [2.05, 4.69) is 36.1 Å². The molecule has 1 atom stereocenters. The Labute approximate surface area is 109 Å². The van der Waals surface area contributed by atoms with Crippen LogP contribution in [-0.4, -0.2) is 30.1 Å². The number of hydrogen-bond donors (Lipinski definition) is 1. The standard InChI is InChI=1S/C16H21NO/c1-3-10-17(2)12-16(18)15-9-8-13-6-4-5-7-14(13)11-15/h4-9,11,16,18H,3,10,12H2,1-2H3. The van der Waals surface area contributed by atoms with E-state index in [1.165, 1.54) is 10.8 Å². The van der Waals surface area contributed by atoms with Crippen LogP contribution in [0.3, 0.4) is 0 Å². The van der Waals surface area contributed by atoms with Crippen molar-refractivity contribution in [2.24, 2.45) is 0 Å². The summed E-state index contributed by atoms with van der Waals surface area (Å²) in [6.07, 6.45) is 0.701. The second kappa shape index (κ2) is 5.98. The molecule has 1 unspecified atom stereocenters. The maximum atomic E-state index is 10.2. The second-order valence-corrected chi connectivity index (χ2v) is 4.88. The summed E-state index contributed by atoms with van der Waals surface area (Å²) in [6.45, 7) is 3.86. The summed E-state index contributed by atoms with van der Waals surface area (Å²) >= 11 is 0. The minimum atomic E-state index is -0.411. The molecule has 0 bridgehead atoms. The number of aliphatic hydroxyl groups excluding tert-OH is 1. The molecule has 0 amide bonds. The van der Waals surface area contributed by atoms with Crippen molar-refractivity contribution in [1.29, 1.82) is 0 Å². The monoisotopic (exact) mass is 243 g/mol. The zero-order valence-corrected chi connectivity index (χ0v) is 11.1. The van der Waals surface area contributed by atoms with Crippen LogP contribution in [0.1, 0.15) is 25.0 Å². The Kier molecular flexibility index (Phi) is 4.34. The first-order chi connectivity index (χ1) is 8.70. The Morgan fingerprint density at radius 3 is 2.56 bits per heavy atom. The Bertz CT molecular complexity index is 509. The number of nitrogens with zero attached hydrogens (tertiary/aromatic N) is 1. The molecule has 1 N–H and O–H groups in total. The first kappa shape index (κ1) is 13.1. The van der Waals surface area contributed by atoms with Crippen molar-refractivity contribution in [3.63, 3.8) is 0 Å². The van der Waals surface area contributed by atoms with Gasteiger partial charge in [0, 0.05) is 6.54 Å². The van der Waals surface area contributed by atoms with Crippen LogP contribution in [0.5, 0.6) is 0 Å². The average Bonchev–Trinajstić information content (AvgIpc) is 2.38. The van der Waals surface area contributed by atoms with Crippen LogP contribution in [-0.2, 0) is 0 Å². The van der Waals surface area contributed by atoms with Crippen molar-refractivity contribution in [3.05, 3.63) is 48.0 Å². The quantitative estimate of drug-likeness (QED) is 0.871. The first-order valence-corrected chi connectivity index (χ1v) is 6.56. The van der Waals surface area contributed by atoms with E-state index in [9.17, 15) is 5.11 Å². The normalized spacial score (nSPS) is 13.1. The van der Waals surface area contributed by atoms with Crippen LogP contribution < -0.4 is 0 Å². The van der Waals surface area contributed by atoms with Gasteiger partial charge in [-0.2, -0.15) is 0 Å². The highest BCUT2D eigenvalue weighted by Gasteiger charge is 2.10. The van der Waals surface area contributed by atoms with E-state index in [0.29, 0.717) is 6.54 Å². The van der Waals surface area contributed by atoms with Crippen molar-refractivity contribution >= 4 is 10.8 Å². The molecule has 0 radical (unpaired) electrons. The van der Waals surface area contributed by atoms with Crippen LogP contribution in [0.2, 0.25) is 0 Å². The molecule has 0 fully saturated rings. The predicted molar refractivity (Wildman–Crippen MR) is 76.7 cm³/mol. The molecule has 0 saturated carbocycles. The van der Waals surface area contributed by atoms with Gasteiger partial charge >= 0.3 is 0 Å². The molecule has 0 aromatic heterocycles. The SMILES string of the molecule is CCCN(C)CC(O)c1ccc2ccccc2c1. The van der Waals surface area contributed by atoms with Crippen molar-refractivity contribution in [1.82, 2.24) is 4.90 Å². The Balaban J connectivity index is 2.15. The molecule has 0 aliphatic carbocycles. The molecular formula is C16H21NO. The lowest BCUT2D eigenvalue weighted by atomic mass is 10.0. The highest BCUT2D eigenvalue weighted by molar-refractivity contribution is 5.83. The minimum Gasteiger partial charge on any atom is -0.387 e. The van der Waals surface area contributed by atoms with Gasteiger partial charge in [0.15, 0.2) is 0 Å². The lowest BCUT2D eigenvalue weighted by Gasteiger charge is -2.20. The number of likely N-dealkylation sites (N-methyl/N-ethyl adjacent to an activating group) is 1. The van der Waals surface area contributed by atoms with Gasteiger partial charge in [0.05, 0.1) is 6.10 Å². The van der Waals surface area contributed by atoms with Crippen LogP contribution in [0.15, 0.2) is 42.5 Å². The molecule has 0 spiro atoms. The van der Waals surface area contributed by atoms with Crippen LogP contribution >= 0.6 is 0 Å². The number of benzene rings is 2. The van der Waals surface area contributed by atoms with Crippen LogP contribution in [0.25, 0.3) is 10.8 Å². The fourth-order valence-electron chi connectivity index (χ4n) is 2.29. The smallest absolute Gasteiger partial charge is 0.0917 e. The molecule has 0 aliphatic heterocycles. The summed E-state index contributed by atoms with van der Waals surface area (Å²) in [5.41, 5.74) is 0.997. The number of rotatable bonds is 5. The van der Waals surface area contributed by atoms with Gasteiger partial charge in [0.25, 0.3) is 0 Å². The van der Waals surface area contributed by atoms with Crippen molar-refractivity contribution in [3.8, 4) is 0 Å². The van der Waals surface area contributed by atoms with Gasteiger partial charge in [-0.15, -0.1) is 0 Å². The topological polar surface area (TPSA) is 23.5 Å². The third kappa shape index (κ3) is 3.09. The van der Waals surface area contributed by atoms with E-state index in [4.69, 9.17) is 0 Å². The summed E-state index contributed by atoms with van der Waals surface area (Å²) in [7, 11) is 2.05. The maximum Gasteiger partial charge on any atom is 0.0917 e. The van der Waals surface area contributed by atoms with Crippen molar-refractivity contribution in [2.45, 2.75) is 19.4 Å². The van der Waals surface area contributed by atoms with E-state index in [-0.39, 0.29) is 0 Å². The molecule has 0 heterocycles. The average molecular weight is 243 g/mol. The number of aliphatic hydroxyl groups is 1. The Morgan fingerprint density at radius 2 is 1.83 bits per heavy atom. The molecule has 18 heavy (non-hydrogen) atoms. The molecule has 0 aliphatic rings. The largest absolute Gasteiger partial charge is 0.387 e. The molecule has 2 aromatic carbocycles. The fourth-order valence-corrected chi connectivity index (χ4v) is 2.29. The lowest BCUT2D eigenvalue weighted by Crippen LogP contribution is -2.25. The van der Waals surface area contributed by atoms with Gasteiger partial charge in [-0.05, 0) is 42.4 Å². The fraction of sp³-hybridized carbons (Fsp3) is 0.375. The van der Waals surface area contributed by atoms with E-state index in [1.54, 1.807) is 0 Å². The summed E-state index contributed by atoms with van der Waals surface area (Å²) in [5.74, 6) is 0. The molecule has 2 nitrogen and oxygen atoms in total. The highest BCUT2D eigenvalue weighted by atomic mass is 16.3. The van der Waals surface area contributed by atoms with Crippen molar-refractivity contribution in [2.75, 3.05) is 20.1 Å². The summed E-state index contributed by atoms with van der Waals surface area (Å²) in [4.78, 5) is 2.17. The summed E-state index contributed by atoms with van der Waals surface area (Å²) in [6, 6.07) is 14.4.